The summed E-state index contributed by atoms with van der Waals surface area (Å²) in [6.45, 7) is 12.0. The van der Waals surface area contributed by atoms with Crippen molar-refractivity contribution in [3.05, 3.63) is 101 Å². The van der Waals surface area contributed by atoms with Gasteiger partial charge in [-0.15, -0.1) is 0 Å². The Hall–Kier alpha value is -3.74. The third kappa shape index (κ3) is 5.53. The lowest BCUT2D eigenvalue weighted by Gasteiger charge is -2.41. The highest BCUT2D eigenvalue weighted by Crippen LogP contribution is 2.50. The molecule has 1 aliphatic rings. The van der Waals surface area contributed by atoms with Crippen molar-refractivity contribution in [2.24, 2.45) is 0 Å². The van der Waals surface area contributed by atoms with E-state index in [2.05, 4.69) is 76.3 Å². The largest absolute Gasteiger partial charge is 0.496 e. The maximum atomic E-state index is 7.05. The lowest BCUT2D eigenvalue weighted by Crippen LogP contribution is -2.42. The smallest absolute Gasteiger partial charge is 0.192 e. The highest BCUT2D eigenvalue weighted by atomic mass is 28.4. The summed E-state index contributed by atoms with van der Waals surface area (Å²) in [6, 6.07) is 24.6. The van der Waals surface area contributed by atoms with Gasteiger partial charge in [0.1, 0.15) is 29.6 Å². The van der Waals surface area contributed by atoms with Gasteiger partial charge in [-0.05, 0) is 77.1 Å². The molecule has 5 rings (SSSR count). The first kappa shape index (κ1) is 29.7. The Balaban J connectivity index is 1.71. The Morgan fingerprint density at radius 2 is 1.33 bits per heavy atom. The summed E-state index contributed by atoms with van der Waals surface area (Å²) in [4.78, 5) is 0. The van der Waals surface area contributed by atoms with E-state index < -0.39 is 8.32 Å². The highest BCUT2D eigenvalue weighted by molar-refractivity contribution is 6.74. The van der Waals surface area contributed by atoms with Crippen LogP contribution in [0.5, 0.6) is 23.0 Å². The summed E-state index contributed by atoms with van der Waals surface area (Å²) < 4.78 is 31.2. The molecule has 4 aromatic rings. The quantitative estimate of drug-likeness (QED) is 0.184. The minimum Gasteiger partial charge on any atom is -0.496 e. The van der Waals surface area contributed by atoms with E-state index in [9.17, 15) is 0 Å². The number of methoxy groups -OCH3 is 3. The number of hydrogen-bond acceptors (Lipinski definition) is 5. The van der Waals surface area contributed by atoms with Crippen LogP contribution in [-0.2, 0) is 11.0 Å². The predicted octanol–water partition coefficient (Wildman–Crippen LogP) is 9.34. The minimum atomic E-state index is -2.06. The van der Waals surface area contributed by atoms with Crippen LogP contribution in [0.4, 0.5) is 0 Å². The lowest BCUT2D eigenvalue weighted by atomic mass is 9.83. The Bertz CT molecular complexity index is 1590. The second-order valence-corrected chi connectivity index (χ2v) is 17.0. The molecule has 0 N–H and O–H groups in total. The van der Waals surface area contributed by atoms with Gasteiger partial charge >= 0.3 is 0 Å². The summed E-state index contributed by atoms with van der Waals surface area (Å²) in [5.41, 5.74) is 5.44. The number of hydrogen-bond donors (Lipinski definition) is 0. The van der Waals surface area contributed by atoms with E-state index in [1.807, 2.05) is 36.4 Å². The van der Waals surface area contributed by atoms with E-state index in [0.717, 1.165) is 68.0 Å². The summed E-state index contributed by atoms with van der Waals surface area (Å²) in [7, 11) is 3.01. The van der Waals surface area contributed by atoms with E-state index in [1.165, 1.54) is 0 Å². The van der Waals surface area contributed by atoms with Crippen LogP contribution in [0, 0.1) is 0 Å². The summed E-state index contributed by atoms with van der Waals surface area (Å²) >= 11 is 0. The third-order valence-electron chi connectivity index (χ3n) is 8.69. The highest BCUT2D eigenvalue weighted by Gasteiger charge is 2.41. The molecule has 0 unspecified atom stereocenters. The van der Waals surface area contributed by atoms with Crippen LogP contribution in [0.15, 0.2) is 78.9 Å². The molecular weight excluding hydrogens is 540 g/mol. The van der Waals surface area contributed by atoms with Crippen molar-refractivity contribution >= 4 is 24.7 Å². The fourth-order valence-electron chi connectivity index (χ4n) is 5.44. The summed E-state index contributed by atoms with van der Waals surface area (Å²) in [5, 5.41) is 1.91. The number of benzene rings is 4. The molecule has 0 saturated carbocycles. The lowest BCUT2D eigenvalue weighted by molar-refractivity contribution is 0.184. The monoisotopic (exact) mass is 582 g/mol. The SMILES string of the molecule is COc1ccc(OC)c2c(C3=CC[C@@H](O[Si](C)(C)C(C)(C)C)c4cccc(OCc5ccccc5)c43)ccc(OC)c12. The van der Waals surface area contributed by atoms with Crippen LogP contribution in [0.25, 0.3) is 16.3 Å². The Morgan fingerprint density at radius 3 is 1.95 bits per heavy atom. The molecule has 220 valence electrons. The van der Waals surface area contributed by atoms with E-state index in [-0.39, 0.29) is 11.1 Å². The molecule has 0 amide bonds. The van der Waals surface area contributed by atoms with Gasteiger partial charge in [0.15, 0.2) is 8.32 Å². The van der Waals surface area contributed by atoms with Gasteiger partial charge in [0.2, 0.25) is 0 Å². The molecule has 1 atom stereocenters. The van der Waals surface area contributed by atoms with Gasteiger partial charge in [0.05, 0.1) is 32.8 Å². The van der Waals surface area contributed by atoms with Gasteiger partial charge in [0, 0.05) is 10.9 Å². The zero-order valence-corrected chi connectivity index (χ0v) is 27.0. The van der Waals surface area contributed by atoms with Gasteiger partial charge in [0.25, 0.3) is 0 Å². The van der Waals surface area contributed by atoms with Crippen molar-refractivity contribution in [3.63, 3.8) is 0 Å². The average Bonchev–Trinajstić information content (AvgIpc) is 2.99. The van der Waals surface area contributed by atoms with E-state index in [4.69, 9.17) is 23.4 Å². The molecule has 0 radical (unpaired) electrons. The zero-order chi connectivity index (χ0) is 30.1. The summed E-state index contributed by atoms with van der Waals surface area (Å²) in [5.74, 6) is 3.05. The summed E-state index contributed by atoms with van der Waals surface area (Å²) in [6.07, 6.45) is 3.00. The second-order valence-electron chi connectivity index (χ2n) is 12.3. The van der Waals surface area contributed by atoms with Gasteiger partial charge in [-0.25, -0.2) is 0 Å². The van der Waals surface area contributed by atoms with Gasteiger partial charge < -0.3 is 23.4 Å². The molecule has 6 heteroatoms. The third-order valence-corrected chi connectivity index (χ3v) is 13.2. The molecule has 42 heavy (non-hydrogen) atoms. The van der Waals surface area contributed by atoms with Crippen molar-refractivity contribution in [2.75, 3.05) is 21.3 Å². The first-order valence-electron chi connectivity index (χ1n) is 14.5. The van der Waals surface area contributed by atoms with Crippen molar-refractivity contribution in [1.82, 2.24) is 0 Å². The van der Waals surface area contributed by atoms with E-state index in [0.29, 0.717) is 6.61 Å². The molecule has 0 aliphatic heterocycles. The predicted molar refractivity (Wildman–Crippen MR) is 174 cm³/mol. The number of rotatable bonds is 9. The van der Waals surface area contributed by atoms with Gasteiger partial charge in [-0.3, -0.25) is 0 Å². The normalized spacial score (nSPS) is 15.1. The number of fused-ring (bicyclic) bond motifs is 2. The molecule has 4 aromatic carbocycles. The second kappa shape index (κ2) is 11.9. The zero-order valence-electron chi connectivity index (χ0n) is 26.0. The van der Waals surface area contributed by atoms with Crippen molar-refractivity contribution in [2.45, 2.75) is 58.0 Å². The molecule has 5 nitrogen and oxygen atoms in total. The maximum absolute atomic E-state index is 7.05. The minimum absolute atomic E-state index is 0.0640. The fraction of sp³-hybridized carbons (Fsp3) is 0.333. The van der Waals surface area contributed by atoms with Crippen LogP contribution >= 0.6 is 0 Å². The van der Waals surface area contributed by atoms with Crippen LogP contribution in [0.3, 0.4) is 0 Å². The number of ether oxygens (including phenoxy) is 4. The van der Waals surface area contributed by atoms with Gasteiger partial charge in [-0.2, -0.15) is 0 Å². The van der Waals surface area contributed by atoms with Crippen LogP contribution < -0.4 is 18.9 Å². The van der Waals surface area contributed by atoms with Crippen LogP contribution in [-0.4, -0.2) is 29.6 Å². The van der Waals surface area contributed by atoms with Crippen LogP contribution in [0.2, 0.25) is 18.1 Å². The molecule has 0 bridgehead atoms. The molecule has 0 spiro atoms. The standard InChI is InChI=1S/C36H42O5Si/c1-36(2,3)42(7,8)41-28-19-17-25(33-27(28)15-12-16-32(33)40-23-24-13-10-9-11-14-24)26-18-20-30(38-5)35-31(39-6)22-21-29(37-4)34(26)35/h9-18,20-22,28H,19,23H2,1-8H3/t28-/m1/s1. The Kier molecular flexibility index (Phi) is 8.40. The van der Waals surface area contributed by atoms with Gasteiger partial charge in [-0.1, -0.05) is 69.3 Å². The molecule has 0 saturated heterocycles. The average molecular weight is 583 g/mol. The van der Waals surface area contributed by atoms with E-state index in [1.54, 1.807) is 21.3 Å². The van der Waals surface area contributed by atoms with Crippen molar-refractivity contribution in [1.29, 1.82) is 0 Å². The molecule has 0 aromatic heterocycles. The van der Waals surface area contributed by atoms with E-state index >= 15 is 0 Å². The first-order chi connectivity index (χ1) is 20.1. The topological polar surface area (TPSA) is 46.2 Å². The first-order valence-corrected chi connectivity index (χ1v) is 17.4. The van der Waals surface area contributed by atoms with Crippen molar-refractivity contribution < 1.29 is 23.4 Å². The maximum Gasteiger partial charge on any atom is 0.192 e. The van der Waals surface area contributed by atoms with Crippen molar-refractivity contribution in [3.8, 4) is 23.0 Å². The van der Waals surface area contributed by atoms with Crippen LogP contribution in [0.1, 0.15) is 55.5 Å². The molecule has 0 heterocycles. The fourth-order valence-corrected chi connectivity index (χ4v) is 6.73. The Labute approximate surface area is 251 Å². The molecule has 0 fully saturated rings. The molecular formula is C36H42O5Si. The molecule has 1 aliphatic carbocycles. The Morgan fingerprint density at radius 1 is 0.714 bits per heavy atom.